The Kier molecular flexibility index (Phi) is 6.67. The smallest absolute Gasteiger partial charge is 0.331 e. The van der Waals surface area contributed by atoms with E-state index in [2.05, 4.69) is 5.32 Å². The van der Waals surface area contributed by atoms with Crippen LogP contribution in [-0.2, 0) is 14.3 Å². The van der Waals surface area contributed by atoms with Crippen LogP contribution in [0.2, 0.25) is 0 Å². The van der Waals surface area contributed by atoms with Gasteiger partial charge in [-0.3, -0.25) is 4.79 Å². The van der Waals surface area contributed by atoms with Crippen LogP contribution in [0.25, 0.3) is 0 Å². The van der Waals surface area contributed by atoms with Crippen LogP contribution in [0.3, 0.4) is 0 Å². The predicted molar refractivity (Wildman–Crippen MR) is 77.1 cm³/mol. The topological polar surface area (TPSA) is 95.9 Å². The number of hydrogen-bond donors (Lipinski definition) is 2. The number of urea groups is 1. The van der Waals surface area contributed by atoms with E-state index in [0.717, 1.165) is 0 Å². The standard InChI is InChI=1S/C13H18N2O5S/c1-3-15(8-10(16)20-4-2)13(19)14-11(12(17)18)9-6-5-7-21-9/h5-7,11H,3-4,8H2,1-2H3,(H,14,19)(H,17,18). The van der Waals surface area contributed by atoms with Crippen molar-refractivity contribution in [2.45, 2.75) is 19.9 Å². The number of esters is 1. The lowest BCUT2D eigenvalue weighted by Crippen LogP contribution is -2.45. The third kappa shape index (κ3) is 5.07. The van der Waals surface area contributed by atoms with E-state index in [0.29, 0.717) is 4.88 Å². The first-order chi connectivity index (χ1) is 9.99. The number of amides is 2. The molecule has 8 heteroatoms. The summed E-state index contributed by atoms with van der Waals surface area (Å²) in [5, 5.41) is 13.3. The van der Waals surface area contributed by atoms with Gasteiger partial charge in [0.1, 0.15) is 6.54 Å². The summed E-state index contributed by atoms with van der Waals surface area (Å²) in [6, 6.07) is 1.59. The maximum absolute atomic E-state index is 12.1. The van der Waals surface area contributed by atoms with Crippen molar-refractivity contribution in [3.63, 3.8) is 0 Å². The number of nitrogens with one attached hydrogen (secondary N) is 1. The van der Waals surface area contributed by atoms with Gasteiger partial charge in [-0.05, 0) is 25.3 Å². The Morgan fingerprint density at radius 3 is 2.62 bits per heavy atom. The summed E-state index contributed by atoms with van der Waals surface area (Å²) in [5.41, 5.74) is 0. The zero-order chi connectivity index (χ0) is 15.8. The average molecular weight is 314 g/mol. The first-order valence-electron chi connectivity index (χ1n) is 6.46. The van der Waals surface area contributed by atoms with Crippen molar-refractivity contribution >= 4 is 29.3 Å². The normalized spacial score (nSPS) is 11.5. The fourth-order valence-electron chi connectivity index (χ4n) is 1.61. The van der Waals surface area contributed by atoms with E-state index in [1.807, 2.05) is 0 Å². The maximum atomic E-state index is 12.1. The first-order valence-corrected chi connectivity index (χ1v) is 7.34. The first kappa shape index (κ1) is 17.0. The highest BCUT2D eigenvalue weighted by Gasteiger charge is 2.26. The molecule has 21 heavy (non-hydrogen) atoms. The molecule has 116 valence electrons. The summed E-state index contributed by atoms with van der Waals surface area (Å²) in [7, 11) is 0. The number of ether oxygens (including phenoxy) is 1. The number of thiophene rings is 1. The lowest BCUT2D eigenvalue weighted by atomic mass is 10.2. The Hall–Kier alpha value is -2.09. The molecule has 1 aromatic rings. The van der Waals surface area contributed by atoms with Crippen molar-refractivity contribution in [3.05, 3.63) is 22.4 Å². The van der Waals surface area contributed by atoms with Crippen molar-refractivity contribution < 1.29 is 24.2 Å². The molecule has 0 aliphatic carbocycles. The van der Waals surface area contributed by atoms with E-state index in [9.17, 15) is 19.5 Å². The molecule has 0 aromatic carbocycles. The second-order valence-corrected chi connectivity index (χ2v) is 5.03. The lowest BCUT2D eigenvalue weighted by molar-refractivity contribution is -0.143. The molecular formula is C13H18N2O5S. The van der Waals surface area contributed by atoms with Crippen molar-refractivity contribution in [1.29, 1.82) is 0 Å². The molecule has 0 aliphatic heterocycles. The monoisotopic (exact) mass is 314 g/mol. The molecule has 1 aromatic heterocycles. The summed E-state index contributed by atoms with van der Waals surface area (Å²) >= 11 is 1.24. The van der Waals surface area contributed by atoms with Gasteiger partial charge in [-0.25, -0.2) is 9.59 Å². The maximum Gasteiger partial charge on any atom is 0.331 e. The molecule has 2 amide bonds. The minimum Gasteiger partial charge on any atom is -0.479 e. The van der Waals surface area contributed by atoms with Gasteiger partial charge >= 0.3 is 18.0 Å². The zero-order valence-corrected chi connectivity index (χ0v) is 12.7. The lowest BCUT2D eigenvalue weighted by Gasteiger charge is -2.22. The number of rotatable bonds is 7. The van der Waals surface area contributed by atoms with Gasteiger partial charge in [0.25, 0.3) is 0 Å². The number of nitrogens with zero attached hydrogens (tertiary/aromatic N) is 1. The van der Waals surface area contributed by atoms with Gasteiger partial charge in [0.05, 0.1) is 6.61 Å². The van der Waals surface area contributed by atoms with Crippen molar-refractivity contribution in [2.75, 3.05) is 19.7 Å². The molecule has 0 fully saturated rings. The highest BCUT2D eigenvalue weighted by molar-refractivity contribution is 7.10. The number of likely N-dealkylation sites (N-methyl/N-ethyl adjacent to an activating group) is 1. The minimum absolute atomic E-state index is 0.215. The summed E-state index contributed by atoms with van der Waals surface area (Å²) in [4.78, 5) is 36.4. The largest absolute Gasteiger partial charge is 0.479 e. The van der Waals surface area contributed by atoms with Crippen molar-refractivity contribution in [2.24, 2.45) is 0 Å². The molecule has 0 saturated carbocycles. The van der Waals surface area contributed by atoms with Crippen LogP contribution < -0.4 is 5.32 Å². The Morgan fingerprint density at radius 2 is 2.14 bits per heavy atom. The van der Waals surface area contributed by atoms with Gasteiger partial charge in [0.15, 0.2) is 6.04 Å². The molecule has 1 unspecified atom stereocenters. The minimum atomic E-state index is -1.15. The van der Waals surface area contributed by atoms with Crippen LogP contribution >= 0.6 is 11.3 Å². The Bertz CT molecular complexity index is 489. The Morgan fingerprint density at radius 1 is 1.43 bits per heavy atom. The fraction of sp³-hybridized carbons (Fsp3) is 0.462. The van der Waals surface area contributed by atoms with E-state index < -0.39 is 24.0 Å². The van der Waals surface area contributed by atoms with Crippen LogP contribution in [0.4, 0.5) is 4.79 Å². The van der Waals surface area contributed by atoms with Crippen molar-refractivity contribution in [1.82, 2.24) is 10.2 Å². The van der Waals surface area contributed by atoms with Gasteiger partial charge < -0.3 is 20.1 Å². The second-order valence-electron chi connectivity index (χ2n) is 4.06. The third-order valence-electron chi connectivity index (χ3n) is 2.64. The molecule has 1 rings (SSSR count). The number of carboxylic acids is 1. The number of carbonyl (C=O) groups excluding carboxylic acids is 2. The van der Waals surface area contributed by atoms with Crippen LogP contribution in [0, 0.1) is 0 Å². The number of aliphatic carboxylic acids is 1. The molecule has 1 heterocycles. The van der Waals surface area contributed by atoms with E-state index in [1.165, 1.54) is 16.2 Å². The SMILES string of the molecule is CCOC(=O)CN(CC)C(=O)NC(C(=O)O)c1cccs1. The van der Waals surface area contributed by atoms with E-state index in [1.54, 1.807) is 31.4 Å². The number of carboxylic acid groups (broad SMARTS) is 1. The van der Waals surface area contributed by atoms with Gasteiger partial charge in [-0.2, -0.15) is 0 Å². The molecule has 0 aliphatic rings. The van der Waals surface area contributed by atoms with Gasteiger partial charge in [0.2, 0.25) is 0 Å². The van der Waals surface area contributed by atoms with E-state index in [4.69, 9.17) is 4.74 Å². The number of hydrogen-bond acceptors (Lipinski definition) is 5. The van der Waals surface area contributed by atoms with E-state index in [-0.39, 0.29) is 19.7 Å². The second kappa shape index (κ2) is 8.25. The summed E-state index contributed by atoms with van der Waals surface area (Å²) < 4.78 is 4.77. The fourth-order valence-corrected chi connectivity index (χ4v) is 2.38. The highest BCUT2D eigenvalue weighted by Crippen LogP contribution is 2.19. The molecular weight excluding hydrogens is 296 g/mol. The van der Waals surface area contributed by atoms with Crippen molar-refractivity contribution in [3.8, 4) is 0 Å². The van der Waals surface area contributed by atoms with Gasteiger partial charge in [0, 0.05) is 11.4 Å². The Labute approximate surface area is 126 Å². The van der Waals surface area contributed by atoms with Gasteiger partial charge in [-0.1, -0.05) is 6.07 Å². The average Bonchev–Trinajstić information content (AvgIpc) is 2.95. The summed E-state index contributed by atoms with van der Waals surface area (Å²) in [5.74, 6) is -1.68. The van der Waals surface area contributed by atoms with Crippen LogP contribution in [0.1, 0.15) is 24.8 Å². The van der Waals surface area contributed by atoms with E-state index >= 15 is 0 Å². The molecule has 0 radical (unpaired) electrons. The zero-order valence-electron chi connectivity index (χ0n) is 11.9. The third-order valence-corrected chi connectivity index (χ3v) is 3.57. The summed E-state index contributed by atoms with van der Waals surface area (Å²) in [6.45, 7) is 3.64. The summed E-state index contributed by atoms with van der Waals surface area (Å²) in [6.07, 6.45) is 0. The molecule has 0 saturated heterocycles. The van der Waals surface area contributed by atoms with Crippen LogP contribution in [-0.4, -0.2) is 47.7 Å². The molecule has 1 atom stereocenters. The quantitative estimate of drug-likeness (QED) is 0.743. The molecule has 0 bridgehead atoms. The number of carbonyl (C=O) groups is 3. The Balaban J connectivity index is 2.71. The molecule has 2 N–H and O–H groups in total. The molecule has 7 nitrogen and oxygen atoms in total. The van der Waals surface area contributed by atoms with Crippen LogP contribution in [0.15, 0.2) is 17.5 Å². The predicted octanol–water partition coefficient (Wildman–Crippen LogP) is 1.47. The molecule has 0 spiro atoms. The van der Waals surface area contributed by atoms with Gasteiger partial charge in [-0.15, -0.1) is 11.3 Å². The van der Waals surface area contributed by atoms with Crippen LogP contribution in [0.5, 0.6) is 0 Å². The highest BCUT2D eigenvalue weighted by atomic mass is 32.1.